The minimum absolute atomic E-state index is 0.0210. The van der Waals surface area contributed by atoms with E-state index in [-0.39, 0.29) is 10.8 Å². The molecule has 0 spiro atoms. The third kappa shape index (κ3) is 4.21. The van der Waals surface area contributed by atoms with Gasteiger partial charge in [0.15, 0.2) is 0 Å². The first-order chi connectivity index (χ1) is 12.4. The molecule has 1 aromatic carbocycles. The quantitative estimate of drug-likeness (QED) is 0.522. The molecule has 0 aliphatic carbocycles. The Hall–Kier alpha value is -3.30. The zero-order chi connectivity index (χ0) is 18.6. The van der Waals surface area contributed by atoms with Crippen LogP contribution in [0.3, 0.4) is 0 Å². The number of amides is 1. The van der Waals surface area contributed by atoms with Crippen molar-refractivity contribution in [1.29, 1.82) is 0 Å². The molecule has 1 amide bonds. The molecule has 0 atom stereocenters. The second kappa shape index (κ2) is 7.30. The summed E-state index contributed by atoms with van der Waals surface area (Å²) in [5.41, 5.74) is 3.44. The predicted molar refractivity (Wildman–Crippen MR) is 94.8 cm³/mol. The van der Waals surface area contributed by atoms with Crippen LogP contribution in [0.1, 0.15) is 16.1 Å². The van der Waals surface area contributed by atoms with Crippen LogP contribution in [0.4, 0.5) is 0 Å². The molecular formula is C17H14N4O4S. The third-order valence-corrected chi connectivity index (χ3v) is 4.30. The number of hydrogen-bond acceptors (Lipinski definition) is 6. The number of sulfonamides is 1. The van der Waals surface area contributed by atoms with Gasteiger partial charge in [0.2, 0.25) is 10.0 Å². The number of carbonyl (C=O) groups is 1. The number of rotatable bonds is 5. The number of hydrazone groups is 1. The van der Waals surface area contributed by atoms with E-state index >= 15 is 0 Å². The van der Waals surface area contributed by atoms with Gasteiger partial charge in [0.05, 0.1) is 16.7 Å². The molecule has 3 N–H and O–H groups in total. The Balaban J connectivity index is 1.67. The molecule has 9 heteroatoms. The van der Waals surface area contributed by atoms with Crippen molar-refractivity contribution in [2.75, 3.05) is 0 Å². The molecule has 2 aromatic heterocycles. The molecule has 0 aliphatic rings. The lowest BCUT2D eigenvalue weighted by molar-refractivity contribution is 0.0954. The first kappa shape index (κ1) is 17.5. The van der Waals surface area contributed by atoms with E-state index in [9.17, 15) is 13.2 Å². The number of nitrogens with one attached hydrogen (secondary N) is 1. The number of furan rings is 1. The van der Waals surface area contributed by atoms with E-state index in [0.29, 0.717) is 22.6 Å². The van der Waals surface area contributed by atoms with Crippen LogP contribution in [-0.2, 0) is 10.0 Å². The topological polar surface area (TPSA) is 128 Å². The first-order valence-corrected chi connectivity index (χ1v) is 8.94. The fraction of sp³-hybridized carbons (Fsp3) is 0. The summed E-state index contributed by atoms with van der Waals surface area (Å²) in [6.07, 6.45) is 4.36. The average molecular weight is 370 g/mol. The number of aromatic nitrogens is 1. The second-order valence-corrected chi connectivity index (χ2v) is 6.77. The van der Waals surface area contributed by atoms with E-state index < -0.39 is 10.0 Å². The van der Waals surface area contributed by atoms with Crippen molar-refractivity contribution in [3.63, 3.8) is 0 Å². The molecule has 0 saturated heterocycles. The number of hydrogen-bond donors (Lipinski definition) is 2. The summed E-state index contributed by atoms with van der Waals surface area (Å²) < 4.78 is 28.1. The first-order valence-electron chi connectivity index (χ1n) is 7.40. The van der Waals surface area contributed by atoms with Crippen molar-refractivity contribution in [3.8, 4) is 11.3 Å². The van der Waals surface area contributed by atoms with Gasteiger partial charge in [-0.25, -0.2) is 19.0 Å². The van der Waals surface area contributed by atoms with Crippen LogP contribution in [0, 0.1) is 0 Å². The van der Waals surface area contributed by atoms with Crippen molar-refractivity contribution >= 4 is 22.1 Å². The largest absolute Gasteiger partial charge is 0.455 e. The summed E-state index contributed by atoms with van der Waals surface area (Å²) >= 11 is 0. The molecule has 0 aliphatic heterocycles. The number of nitrogens with zero attached hydrogens (tertiary/aromatic N) is 2. The standard InChI is InChI=1S/C17H14N4O4S/c18-26(23,24)15-6-3-12(4-7-15)16-8-5-14(25-16)11-20-21-17(22)13-2-1-9-19-10-13/h1-11H,(H,21,22)(H2,18,23,24). The highest BCUT2D eigenvalue weighted by atomic mass is 32.2. The molecule has 0 bridgehead atoms. The number of primary sulfonamides is 1. The molecule has 26 heavy (non-hydrogen) atoms. The smallest absolute Gasteiger partial charge is 0.272 e. The van der Waals surface area contributed by atoms with Crippen LogP contribution in [0.25, 0.3) is 11.3 Å². The second-order valence-electron chi connectivity index (χ2n) is 5.21. The van der Waals surface area contributed by atoms with Crippen LogP contribution in [0.2, 0.25) is 0 Å². The van der Waals surface area contributed by atoms with Gasteiger partial charge in [0.25, 0.3) is 5.91 Å². The molecule has 3 aromatic rings. The zero-order valence-corrected chi connectivity index (χ0v) is 14.2. The zero-order valence-electron chi connectivity index (χ0n) is 13.4. The number of nitrogens with two attached hydrogens (primary N) is 1. The summed E-state index contributed by atoms with van der Waals surface area (Å²) in [6.45, 7) is 0. The van der Waals surface area contributed by atoms with Gasteiger partial charge in [-0.3, -0.25) is 9.78 Å². The molecule has 2 heterocycles. The number of carbonyl (C=O) groups excluding carboxylic acids is 1. The molecule has 0 saturated carbocycles. The van der Waals surface area contributed by atoms with Gasteiger partial charge < -0.3 is 4.42 Å². The lowest BCUT2D eigenvalue weighted by Crippen LogP contribution is -2.17. The van der Waals surface area contributed by atoms with Crippen molar-refractivity contribution in [3.05, 3.63) is 72.2 Å². The Morgan fingerprint density at radius 3 is 2.58 bits per heavy atom. The Morgan fingerprint density at radius 1 is 1.15 bits per heavy atom. The summed E-state index contributed by atoms with van der Waals surface area (Å²) in [4.78, 5) is 15.7. The fourth-order valence-corrected chi connectivity index (χ4v) is 2.62. The van der Waals surface area contributed by atoms with Crippen LogP contribution in [0.15, 0.2) is 75.3 Å². The van der Waals surface area contributed by atoms with Crippen molar-refractivity contribution < 1.29 is 17.6 Å². The van der Waals surface area contributed by atoms with Crippen LogP contribution in [-0.4, -0.2) is 25.5 Å². The molecule has 0 unspecified atom stereocenters. The van der Waals surface area contributed by atoms with Gasteiger partial charge in [-0.2, -0.15) is 5.10 Å². The molecule has 0 fully saturated rings. The highest BCUT2D eigenvalue weighted by molar-refractivity contribution is 7.89. The van der Waals surface area contributed by atoms with E-state index in [0.717, 1.165) is 0 Å². The van der Waals surface area contributed by atoms with E-state index in [2.05, 4.69) is 15.5 Å². The maximum atomic E-state index is 11.8. The summed E-state index contributed by atoms with van der Waals surface area (Å²) in [5, 5.41) is 8.89. The Morgan fingerprint density at radius 2 is 1.92 bits per heavy atom. The Kier molecular flexibility index (Phi) is 4.92. The van der Waals surface area contributed by atoms with E-state index in [1.807, 2.05) is 0 Å². The molecule has 3 rings (SSSR count). The van der Waals surface area contributed by atoms with E-state index in [4.69, 9.17) is 9.56 Å². The molecule has 132 valence electrons. The maximum absolute atomic E-state index is 11.8. The van der Waals surface area contributed by atoms with Gasteiger partial charge >= 0.3 is 0 Å². The normalized spacial score (nSPS) is 11.6. The highest BCUT2D eigenvalue weighted by Gasteiger charge is 2.09. The van der Waals surface area contributed by atoms with Crippen LogP contribution >= 0.6 is 0 Å². The molecule has 0 radical (unpaired) electrons. The Bertz CT molecular complexity index is 1040. The summed E-state index contributed by atoms with van der Waals surface area (Å²) in [7, 11) is -3.74. The summed E-state index contributed by atoms with van der Waals surface area (Å²) in [5.74, 6) is 0.549. The number of benzene rings is 1. The van der Waals surface area contributed by atoms with Crippen LogP contribution < -0.4 is 10.6 Å². The van der Waals surface area contributed by atoms with E-state index in [1.165, 1.54) is 24.5 Å². The van der Waals surface area contributed by atoms with Crippen molar-refractivity contribution in [2.24, 2.45) is 10.2 Å². The lowest BCUT2D eigenvalue weighted by Gasteiger charge is -2.00. The minimum Gasteiger partial charge on any atom is -0.455 e. The van der Waals surface area contributed by atoms with Gasteiger partial charge in [-0.15, -0.1) is 0 Å². The van der Waals surface area contributed by atoms with Crippen molar-refractivity contribution in [1.82, 2.24) is 10.4 Å². The maximum Gasteiger partial charge on any atom is 0.272 e. The lowest BCUT2D eigenvalue weighted by atomic mass is 10.2. The van der Waals surface area contributed by atoms with Crippen molar-refractivity contribution in [2.45, 2.75) is 4.90 Å². The van der Waals surface area contributed by atoms with E-state index in [1.54, 1.807) is 42.6 Å². The SMILES string of the molecule is NS(=O)(=O)c1ccc(-c2ccc(C=NNC(=O)c3cccnc3)o2)cc1. The highest BCUT2D eigenvalue weighted by Crippen LogP contribution is 2.22. The van der Waals surface area contributed by atoms with Gasteiger partial charge in [0, 0.05) is 18.0 Å². The Labute approximate surface area is 149 Å². The monoisotopic (exact) mass is 370 g/mol. The fourth-order valence-electron chi connectivity index (χ4n) is 2.10. The predicted octanol–water partition coefficient (Wildman–Crippen LogP) is 1.75. The minimum atomic E-state index is -3.74. The summed E-state index contributed by atoms with van der Waals surface area (Å²) in [6, 6.07) is 12.6. The molecule has 8 nitrogen and oxygen atoms in total. The van der Waals surface area contributed by atoms with Gasteiger partial charge in [-0.1, -0.05) is 0 Å². The molecular weight excluding hydrogens is 356 g/mol. The third-order valence-electron chi connectivity index (χ3n) is 3.38. The van der Waals surface area contributed by atoms with Gasteiger partial charge in [-0.05, 0) is 48.5 Å². The average Bonchev–Trinajstić information content (AvgIpc) is 3.11. The number of pyridine rings is 1. The van der Waals surface area contributed by atoms with Crippen LogP contribution in [0.5, 0.6) is 0 Å². The van der Waals surface area contributed by atoms with Gasteiger partial charge in [0.1, 0.15) is 11.5 Å².